The van der Waals surface area contributed by atoms with E-state index in [1.165, 1.54) is 16.4 Å². The van der Waals surface area contributed by atoms with Crippen LogP contribution in [0.4, 0.5) is 11.4 Å². The third-order valence-corrected chi connectivity index (χ3v) is 6.80. The first-order chi connectivity index (χ1) is 12.2. The molecule has 1 saturated heterocycles. The van der Waals surface area contributed by atoms with Crippen LogP contribution >= 0.6 is 23.2 Å². The van der Waals surface area contributed by atoms with E-state index in [1.54, 1.807) is 0 Å². The minimum atomic E-state index is -3.38. The Bertz CT molecular complexity index is 970. The zero-order chi connectivity index (χ0) is 19.1. The molecule has 8 heteroatoms. The van der Waals surface area contributed by atoms with Crippen molar-refractivity contribution in [3.63, 3.8) is 0 Å². The number of aryl methyl sites for hydroxylation is 2. The van der Waals surface area contributed by atoms with E-state index in [0.717, 1.165) is 11.1 Å². The highest BCUT2D eigenvalue weighted by atomic mass is 35.5. The minimum absolute atomic E-state index is 0.0807. The summed E-state index contributed by atoms with van der Waals surface area (Å²) >= 11 is 12.4. The molecule has 2 aromatic rings. The normalized spacial score (nSPS) is 15.9. The van der Waals surface area contributed by atoms with Crippen LogP contribution in [0, 0.1) is 13.8 Å². The van der Waals surface area contributed by atoms with E-state index < -0.39 is 15.9 Å². The van der Waals surface area contributed by atoms with E-state index in [-0.39, 0.29) is 21.4 Å². The molecule has 1 heterocycles. The van der Waals surface area contributed by atoms with Gasteiger partial charge in [0.05, 0.1) is 27.0 Å². The maximum atomic E-state index is 12.7. The fourth-order valence-corrected chi connectivity index (χ4v) is 5.02. The van der Waals surface area contributed by atoms with Crippen LogP contribution in [0.2, 0.25) is 10.0 Å². The lowest BCUT2D eigenvalue weighted by molar-refractivity contribution is 0.102. The van der Waals surface area contributed by atoms with Gasteiger partial charge in [-0.05, 0) is 55.7 Å². The molecule has 0 saturated carbocycles. The van der Waals surface area contributed by atoms with Gasteiger partial charge >= 0.3 is 0 Å². The molecule has 0 spiro atoms. The maximum absolute atomic E-state index is 12.7. The van der Waals surface area contributed by atoms with Crippen molar-refractivity contribution in [2.75, 3.05) is 21.9 Å². The lowest BCUT2D eigenvalue weighted by Crippen LogP contribution is -2.25. The molecule has 0 unspecified atom stereocenters. The van der Waals surface area contributed by atoms with Crippen molar-refractivity contribution in [2.45, 2.75) is 20.3 Å². The highest BCUT2D eigenvalue weighted by molar-refractivity contribution is 7.93. The summed E-state index contributed by atoms with van der Waals surface area (Å²) in [6.45, 7) is 4.23. The average molecular weight is 413 g/mol. The summed E-state index contributed by atoms with van der Waals surface area (Å²) in [6, 6.07) is 8.62. The number of rotatable bonds is 3. The fraction of sp³-hybridized carbons (Fsp3) is 0.278. The highest BCUT2D eigenvalue weighted by Crippen LogP contribution is 2.34. The van der Waals surface area contributed by atoms with Crippen molar-refractivity contribution >= 4 is 50.5 Å². The number of carbonyl (C=O) groups excluding carboxylic acids is 1. The second-order valence-electron chi connectivity index (χ2n) is 6.36. The molecule has 3 rings (SSSR count). The summed E-state index contributed by atoms with van der Waals surface area (Å²) in [4.78, 5) is 12.7. The van der Waals surface area contributed by atoms with Gasteiger partial charge < -0.3 is 5.32 Å². The van der Waals surface area contributed by atoms with Crippen LogP contribution in [0.1, 0.15) is 27.9 Å². The Hall–Kier alpha value is -1.76. The van der Waals surface area contributed by atoms with Crippen molar-refractivity contribution in [1.29, 1.82) is 0 Å². The number of hydrogen-bond acceptors (Lipinski definition) is 3. The van der Waals surface area contributed by atoms with E-state index in [1.807, 2.05) is 32.0 Å². The predicted octanol–water partition coefficient (Wildman–Crippen LogP) is 4.40. The quantitative estimate of drug-likeness (QED) is 0.811. The van der Waals surface area contributed by atoms with Crippen LogP contribution < -0.4 is 9.62 Å². The standard InChI is InChI=1S/C18H18Cl2N2O3S/c1-11-6-12(2)8-13(7-11)21-18(23)15-9-14(10-16(19)17(15)20)22-4-3-5-26(22,24)25/h6-10H,3-5H2,1-2H3,(H,21,23). The van der Waals surface area contributed by atoms with Crippen molar-refractivity contribution in [2.24, 2.45) is 0 Å². The summed E-state index contributed by atoms with van der Waals surface area (Å²) in [5.41, 5.74) is 3.15. The molecule has 2 aromatic carbocycles. The monoisotopic (exact) mass is 412 g/mol. The Kier molecular flexibility index (Phi) is 5.19. The molecule has 0 bridgehead atoms. The lowest BCUT2D eigenvalue weighted by atomic mass is 10.1. The van der Waals surface area contributed by atoms with Gasteiger partial charge in [0.25, 0.3) is 5.91 Å². The van der Waals surface area contributed by atoms with Crippen molar-refractivity contribution < 1.29 is 13.2 Å². The summed E-state index contributed by atoms with van der Waals surface area (Å²) < 4.78 is 25.6. The van der Waals surface area contributed by atoms with Gasteiger partial charge in [0.15, 0.2) is 0 Å². The SMILES string of the molecule is Cc1cc(C)cc(NC(=O)c2cc(N3CCCS3(=O)=O)cc(Cl)c2Cl)c1. The van der Waals surface area contributed by atoms with E-state index >= 15 is 0 Å². The predicted molar refractivity (Wildman–Crippen MR) is 106 cm³/mol. The Balaban J connectivity index is 1.97. The Morgan fingerprint density at radius 3 is 2.31 bits per heavy atom. The second kappa shape index (κ2) is 7.10. The number of anilines is 2. The van der Waals surface area contributed by atoms with Crippen LogP contribution in [0.3, 0.4) is 0 Å². The third kappa shape index (κ3) is 3.82. The van der Waals surface area contributed by atoms with Gasteiger partial charge in [0, 0.05) is 12.2 Å². The molecule has 1 fully saturated rings. The highest BCUT2D eigenvalue weighted by Gasteiger charge is 2.30. The molecule has 0 aliphatic carbocycles. The largest absolute Gasteiger partial charge is 0.322 e. The molecule has 1 N–H and O–H groups in total. The summed E-state index contributed by atoms with van der Waals surface area (Å²) in [6.07, 6.45) is 0.534. The summed E-state index contributed by atoms with van der Waals surface area (Å²) in [5.74, 6) is -0.363. The number of carbonyl (C=O) groups is 1. The maximum Gasteiger partial charge on any atom is 0.257 e. The van der Waals surface area contributed by atoms with E-state index in [0.29, 0.717) is 24.3 Å². The van der Waals surface area contributed by atoms with Gasteiger partial charge in [-0.25, -0.2) is 8.42 Å². The molecule has 0 radical (unpaired) electrons. The zero-order valence-electron chi connectivity index (χ0n) is 14.3. The van der Waals surface area contributed by atoms with Crippen LogP contribution in [0.25, 0.3) is 0 Å². The van der Waals surface area contributed by atoms with Crippen LogP contribution in [0.5, 0.6) is 0 Å². The zero-order valence-corrected chi connectivity index (χ0v) is 16.7. The first-order valence-electron chi connectivity index (χ1n) is 8.06. The molecule has 138 valence electrons. The van der Waals surface area contributed by atoms with E-state index in [4.69, 9.17) is 23.2 Å². The number of halogens is 2. The summed E-state index contributed by atoms with van der Waals surface area (Å²) in [5, 5.41) is 3.02. The molecule has 26 heavy (non-hydrogen) atoms. The molecule has 1 aliphatic rings. The van der Waals surface area contributed by atoms with Gasteiger partial charge in [-0.2, -0.15) is 0 Å². The second-order valence-corrected chi connectivity index (χ2v) is 9.16. The average Bonchev–Trinajstić information content (AvgIpc) is 2.88. The molecule has 5 nitrogen and oxygen atoms in total. The smallest absolute Gasteiger partial charge is 0.257 e. The third-order valence-electron chi connectivity index (χ3n) is 4.12. The van der Waals surface area contributed by atoms with Crippen molar-refractivity contribution in [3.8, 4) is 0 Å². The van der Waals surface area contributed by atoms with E-state index in [9.17, 15) is 13.2 Å². The number of sulfonamides is 1. The number of nitrogens with zero attached hydrogens (tertiary/aromatic N) is 1. The first-order valence-corrected chi connectivity index (χ1v) is 10.4. The Labute approximate surface area is 163 Å². The van der Waals surface area contributed by atoms with Crippen LogP contribution in [-0.2, 0) is 10.0 Å². The molecule has 1 amide bonds. The fourth-order valence-electron chi connectivity index (χ4n) is 3.06. The molecule has 0 aromatic heterocycles. The number of benzene rings is 2. The Morgan fingerprint density at radius 1 is 1.08 bits per heavy atom. The van der Waals surface area contributed by atoms with Gasteiger partial charge in [-0.3, -0.25) is 9.10 Å². The van der Waals surface area contributed by atoms with Crippen LogP contribution in [0.15, 0.2) is 30.3 Å². The van der Waals surface area contributed by atoms with Crippen molar-refractivity contribution in [1.82, 2.24) is 0 Å². The molecule has 0 atom stereocenters. The first kappa shape index (κ1) is 19.0. The summed E-state index contributed by atoms with van der Waals surface area (Å²) in [7, 11) is -3.38. The number of amides is 1. The molecular weight excluding hydrogens is 395 g/mol. The molecule has 1 aliphatic heterocycles. The Morgan fingerprint density at radius 2 is 1.73 bits per heavy atom. The minimum Gasteiger partial charge on any atom is -0.322 e. The van der Waals surface area contributed by atoms with Gasteiger partial charge in [0.1, 0.15) is 0 Å². The molecular formula is C18H18Cl2N2O3S. The van der Waals surface area contributed by atoms with Gasteiger partial charge in [-0.1, -0.05) is 29.3 Å². The van der Waals surface area contributed by atoms with Gasteiger partial charge in [-0.15, -0.1) is 0 Å². The van der Waals surface area contributed by atoms with Gasteiger partial charge in [0.2, 0.25) is 10.0 Å². The number of nitrogens with one attached hydrogen (secondary N) is 1. The van der Waals surface area contributed by atoms with E-state index in [2.05, 4.69) is 5.32 Å². The lowest BCUT2D eigenvalue weighted by Gasteiger charge is -2.19. The topological polar surface area (TPSA) is 66.5 Å². The van der Waals surface area contributed by atoms with Crippen molar-refractivity contribution in [3.05, 3.63) is 57.1 Å². The number of hydrogen-bond donors (Lipinski definition) is 1. The van der Waals surface area contributed by atoms with Crippen LogP contribution in [-0.4, -0.2) is 26.6 Å².